The average molecular weight is 296 g/mol. The van der Waals surface area contributed by atoms with Crippen LogP contribution < -0.4 is 17.0 Å². The molecule has 0 amide bonds. The number of benzene rings is 1. The molecule has 0 bridgehead atoms. The highest BCUT2D eigenvalue weighted by Gasteiger charge is 2.16. The van der Waals surface area contributed by atoms with Crippen molar-refractivity contribution >= 4 is 21.7 Å². The van der Waals surface area contributed by atoms with Crippen molar-refractivity contribution in [3.8, 4) is 0 Å². The lowest BCUT2D eigenvalue weighted by Gasteiger charge is -2.16. The number of hydrogen-bond acceptors (Lipinski definition) is 4. The number of halogens is 1. The normalized spacial score (nSPS) is 12.6. The van der Waals surface area contributed by atoms with E-state index in [0.29, 0.717) is 5.82 Å². The second-order valence-electron chi connectivity index (χ2n) is 3.75. The van der Waals surface area contributed by atoms with Gasteiger partial charge in [-0.3, -0.25) is 16.4 Å². The van der Waals surface area contributed by atoms with Gasteiger partial charge in [-0.1, -0.05) is 34.1 Å². The van der Waals surface area contributed by atoms with Crippen LogP contribution >= 0.6 is 15.9 Å². The summed E-state index contributed by atoms with van der Waals surface area (Å²) in [5.74, 6) is 6.11. The Bertz CT molecular complexity index is 496. The lowest BCUT2D eigenvalue weighted by atomic mass is 10.0. The van der Waals surface area contributed by atoms with Crippen LogP contribution in [0.4, 0.5) is 5.82 Å². The predicted octanol–water partition coefficient (Wildman–Crippen LogP) is 1.50. The van der Waals surface area contributed by atoms with Crippen LogP contribution in [0.25, 0.3) is 0 Å². The Labute approximate surface area is 108 Å². The molecule has 6 N–H and O–H groups in total. The largest absolute Gasteiger partial charge is 0.384 e. The molecule has 1 unspecified atom stereocenters. The molecule has 0 saturated heterocycles. The van der Waals surface area contributed by atoms with E-state index < -0.39 is 0 Å². The molecule has 1 aromatic carbocycles. The van der Waals surface area contributed by atoms with Gasteiger partial charge in [-0.2, -0.15) is 5.10 Å². The van der Waals surface area contributed by atoms with Gasteiger partial charge >= 0.3 is 0 Å². The van der Waals surface area contributed by atoms with Gasteiger partial charge in [0, 0.05) is 10.0 Å². The number of anilines is 1. The lowest BCUT2D eigenvalue weighted by Crippen LogP contribution is -2.30. The molecular weight excluding hydrogens is 282 g/mol. The summed E-state index contributed by atoms with van der Waals surface area (Å²) in [4.78, 5) is 0. The number of hydrogen-bond donors (Lipinski definition) is 4. The highest BCUT2D eigenvalue weighted by Crippen LogP contribution is 2.25. The summed E-state index contributed by atoms with van der Waals surface area (Å²) in [6.07, 6.45) is 2.43. The molecular formula is C11H14BrN5. The van der Waals surface area contributed by atoms with Crippen molar-refractivity contribution in [3.63, 3.8) is 0 Å². The number of rotatable bonds is 4. The van der Waals surface area contributed by atoms with Gasteiger partial charge in [0.05, 0.1) is 12.2 Å². The van der Waals surface area contributed by atoms with E-state index in [2.05, 4.69) is 31.6 Å². The van der Waals surface area contributed by atoms with E-state index in [1.165, 1.54) is 0 Å². The van der Waals surface area contributed by atoms with Crippen LogP contribution in [0.1, 0.15) is 17.2 Å². The number of H-pyrrole nitrogens is 1. The Hall–Kier alpha value is -1.37. The Morgan fingerprint density at radius 1 is 1.41 bits per heavy atom. The number of nitrogen functional groups attached to an aromatic ring is 1. The van der Waals surface area contributed by atoms with Crippen molar-refractivity contribution in [1.82, 2.24) is 15.6 Å². The third kappa shape index (κ3) is 2.66. The second kappa shape index (κ2) is 5.31. The first kappa shape index (κ1) is 12.1. The van der Waals surface area contributed by atoms with Gasteiger partial charge in [-0.25, -0.2) is 0 Å². The maximum atomic E-state index is 5.78. The maximum Gasteiger partial charge on any atom is 0.123 e. The van der Waals surface area contributed by atoms with Crippen molar-refractivity contribution in [2.24, 2.45) is 5.84 Å². The van der Waals surface area contributed by atoms with E-state index in [-0.39, 0.29) is 6.04 Å². The van der Waals surface area contributed by atoms with Gasteiger partial charge in [0.1, 0.15) is 5.82 Å². The summed E-state index contributed by atoms with van der Waals surface area (Å²) < 4.78 is 1.06. The first-order valence-corrected chi connectivity index (χ1v) is 6.00. The van der Waals surface area contributed by atoms with Crippen molar-refractivity contribution in [2.45, 2.75) is 12.5 Å². The zero-order valence-electron chi connectivity index (χ0n) is 9.15. The Balaban J connectivity index is 2.22. The van der Waals surface area contributed by atoms with E-state index in [4.69, 9.17) is 11.6 Å². The van der Waals surface area contributed by atoms with Crippen molar-refractivity contribution in [1.29, 1.82) is 0 Å². The molecule has 90 valence electrons. The van der Waals surface area contributed by atoms with Gasteiger partial charge in [0.2, 0.25) is 0 Å². The fourth-order valence-electron chi connectivity index (χ4n) is 1.73. The third-order valence-corrected chi connectivity index (χ3v) is 3.43. The first-order valence-electron chi connectivity index (χ1n) is 5.20. The van der Waals surface area contributed by atoms with Gasteiger partial charge in [-0.15, -0.1) is 0 Å². The molecule has 0 fully saturated rings. The van der Waals surface area contributed by atoms with Crippen LogP contribution in [0, 0.1) is 0 Å². The fraction of sp³-hybridized carbons (Fsp3) is 0.182. The molecule has 0 radical (unpaired) electrons. The maximum absolute atomic E-state index is 5.78. The molecule has 2 aromatic rings. The van der Waals surface area contributed by atoms with Crippen LogP contribution in [0.3, 0.4) is 0 Å². The fourth-order valence-corrected chi connectivity index (χ4v) is 2.17. The van der Waals surface area contributed by atoms with Crippen molar-refractivity contribution < 1.29 is 0 Å². The molecule has 1 heterocycles. The standard InChI is InChI=1S/C11H14BrN5/c12-9-4-2-1-3-7(9)5-10(16-14)8-6-15-17-11(8)13/h1-4,6,10,16H,5,14H2,(H3,13,15,17). The number of nitrogens with two attached hydrogens (primary N) is 2. The lowest BCUT2D eigenvalue weighted by molar-refractivity contribution is 0.553. The van der Waals surface area contributed by atoms with Gasteiger partial charge in [-0.05, 0) is 18.1 Å². The number of nitrogens with zero attached hydrogens (tertiary/aromatic N) is 1. The number of aromatic amines is 1. The first-order chi connectivity index (χ1) is 8.22. The molecule has 17 heavy (non-hydrogen) atoms. The molecule has 2 rings (SSSR count). The van der Waals surface area contributed by atoms with Gasteiger partial charge in [0.15, 0.2) is 0 Å². The highest BCUT2D eigenvalue weighted by atomic mass is 79.9. The molecule has 0 aliphatic carbocycles. The molecule has 6 heteroatoms. The summed E-state index contributed by atoms with van der Waals surface area (Å²) in [6, 6.07) is 7.95. The number of nitrogens with one attached hydrogen (secondary N) is 2. The van der Waals surface area contributed by atoms with Crippen LogP contribution in [0.5, 0.6) is 0 Å². The van der Waals surface area contributed by atoms with Crippen molar-refractivity contribution in [3.05, 3.63) is 46.1 Å². The second-order valence-corrected chi connectivity index (χ2v) is 4.61. The molecule has 0 aliphatic heterocycles. The molecule has 0 spiro atoms. The minimum atomic E-state index is -0.0625. The summed E-state index contributed by atoms with van der Waals surface area (Å²) in [6.45, 7) is 0. The average Bonchev–Trinajstić information content (AvgIpc) is 2.75. The Kier molecular flexibility index (Phi) is 3.78. The van der Waals surface area contributed by atoms with Crippen LogP contribution in [-0.2, 0) is 6.42 Å². The predicted molar refractivity (Wildman–Crippen MR) is 70.9 cm³/mol. The molecule has 1 aromatic heterocycles. The summed E-state index contributed by atoms with van der Waals surface area (Å²) in [7, 11) is 0. The van der Waals surface area contributed by atoms with Crippen LogP contribution in [-0.4, -0.2) is 10.2 Å². The quantitative estimate of drug-likeness (QED) is 0.508. The van der Waals surface area contributed by atoms with E-state index in [9.17, 15) is 0 Å². The van der Waals surface area contributed by atoms with E-state index in [1.54, 1.807) is 6.20 Å². The molecule has 0 saturated carbocycles. The summed E-state index contributed by atoms with van der Waals surface area (Å²) >= 11 is 3.51. The van der Waals surface area contributed by atoms with Crippen molar-refractivity contribution in [2.75, 3.05) is 5.73 Å². The van der Waals surface area contributed by atoms with Gasteiger partial charge in [0.25, 0.3) is 0 Å². The zero-order valence-corrected chi connectivity index (χ0v) is 10.7. The molecule has 0 aliphatic rings. The summed E-state index contributed by atoms with van der Waals surface area (Å²) in [5, 5.41) is 6.60. The third-order valence-electron chi connectivity index (χ3n) is 2.66. The topological polar surface area (TPSA) is 92.7 Å². The highest BCUT2D eigenvalue weighted by molar-refractivity contribution is 9.10. The zero-order chi connectivity index (χ0) is 12.3. The smallest absolute Gasteiger partial charge is 0.123 e. The van der Waals surface area contributed by atoms with Gasteiger partial charge < -0.3 is 5.73 Å². The minimum Gasteiger partial charge on any atom is -0.384 e. The monoisotopic (exact) mass is 295 g/mol. The molecule has 5 nitrogen and oxygen atoms in total. The number of aromatic nitrogens is 2. The van der Waals surface area contributed by atoms with Crippen LogP contribution in [0.15, 0.2) is 34.9 Å². The Morgan fingerprint density at radius 3 is 2.76 bits per heavy atom. The number of hydrazine groups is 1. The van der Waals surface area contributed by atoms with E-state index >= 15 is 0 Å². The van der Waals surface area contributed by atoms with E-state index in [0.717, 1.165) is 22.0 Å². The SMILES string of the molecule is NNC(Cc1ccccc1Br)c1cn[nH]c1N. The summed E-state index contributed by atoms with van der Waals surface area (Å²) in [5.41, 5.74) is 10.6. The minimum absolute atomic E-state index is 0.0625. The van der Waals surface area contributed by atoms with E-state index in [1.807, 2.05) is 24.3 Å². The molecule has 1 atom stereocenters. The Morgan fingerprint density at radius 2 is 2.18 bits per heavy atom. The van der Waals surface area contributed by atoms with Crippen LogP contribution in [0.2, 0.25) is 0 Å².